The minimum atomic E-state index is 0.386. The summed E-state index contributed by atoms with van der Waals surface area (Å²) in [7, 11) is 0. The third-order valence-electron chi connectivity index (χ3n) is 3.43. The van der Waals surface area contributed by atoms with E-state index in [-0.39, 0.29) is 0 Å². The number of aromatic amines is 1. The quantitative estimate of drug-likeness (QED) is 0.817. The Bertz CT molecular complexity index is 383. The predicted octanol–water partition coefficient (Wildman–Crippen LogP) is 3.67. The van der Waals surface area contributed by atoms with Gasteiger partial charge in [0.2, 0.25) is 0 Å². The van der Waals surface area contributed by atoms with Crippen molar-refractivity contribution in [3.63, 3.8) is 0 Å². The van der Waals surface area contributed by atoms with Crippen molar-refractivity contribution in [2.75, 3.05) is 13.1 Å². The molecule has 0 saturated carbocycles. The van der Waals surface area contributed by atoms with Crippen molar-refractivity contribution in [2.45, 2.75) is 32.7 Å². The summed E-state index contributed by atoms with van der Waals surface area (Å²) in [5.41, 5.74) is 2.73. The molecule has 92 valence electrons. The van der Waals surface area contributed by atoms with Gasteiger partial charge in [-0.15, -0.1) is 0 Å². The van der Waals surface area contributed by atoms with Crippen LogP contribution >= 0.6 is 0 Å². The van der Waals surface area contributed by atoms with Gasteiger partial charge in [-0.25, -0.2) is 0 Å². The van der Waals surface area contributed by atoms with Crippen molar-refractivity contribution < 1.29 is 0 Å². The molecule has 2 nitrogen and oxygen atoms in total. The maximum atomic E-state index is 3.37. The summed E-state index contributed by atoms with van der Waals surface area (Å²) in [6, 6.07) is 4.65. The fraction of sp³-hybridized carbons (Fsp3) is 0.467. The molecule has 0 spiro atoms. The molecule has 1 N–H and O–H groups in total. The third-order valence-corrected chi connectivity index (χ3v) is 3.43. The lowest BCUT2D eigenvalue weighted by Crippen LogP contribution is -2.30. The molecule has 1 aliphatic carbocycles. The van der Waals surface area contributed by atoms with Gasteiger partial charge in [-0.2, -0.15) is 0 Å². The second-order valence-electron chi connectivity index (χ2n) is 4.43. The van der Waals surface area contributed by atoms with E-state index in [1.165, 1.54) is 24.1 Å². The van der Waals surface area contributed by atoms with Gasteiger partial charge in [0.15, 0.2) is 0 Å². The number of aromatic nitrogens is 1. The first-order valence-electron chi connectivity index (χ1n) is 6.60. The van der Waals surface area contributed by atoms with Gasteiger partial charge in [0.1, 0.15) is 0 Å². The molecular formula is C15H22N2. The minimum Gasteiger partial charge on any atom is -0.363 e. The maximum Gasteiger partial charge on any atom is 0.0750 e. The lowest BCUT2D eigenvalue weighted by molar-refractivity contribution is 0.246. The average Bonchev–Trinajstić information content (AvgIpc) is 2.90. The van der Waals surface area contributed by atoms with Gasteiger partial charge in [-0.3, -0.25) is 4.90 Å². The molecule has 0 bridgehead atoms. The van der Waals surface area contributed by atoms with E-state index in [9.17, 15) is 0 Å². The molecule has 0 saturated heterocycles. The van der Waals surface area contributed by atoms with Gasteiger partial charge in [-0.05, 0) is 43.6 Å². The van der Waals surface area contributed by atoms with Crippen LogP contribution in [0.2, 0.25) is 0 Å². The van der Waals surface area contributed by atoms with Crippen molar-refractivity contribution >= 4 is 0 Å². The smallest absolute Gasteiger partial charge is 0.0750 e. The van der Waals surface area contributed by atoms with E-state index in [4.69, 9.17) is 0 Å². The van der Waals surface area contributed by atoms with Crippen LogP contribution in [0.25, 0.3) is 0 Å². The normalized spacial score (nSPS) is 17.2. The number of allylic oxidation sites excluding steroid dienone is 2. The number of hydrogen-bond donors (Lipinski definition) is 1. The van der Waals surface area contributed by atoms with Crippen molar-refractivity contribution in [1.82, 2.24) is 9.88 Å². The van der Waals surface area contributed by atoms with E-state index in [1.807, 2.05) is 6.20 Å². The fourth-order valence-electron chi connectivity index (χ4n) is 2.53. The third kappa shape index (κ3) is 2.70. The van der Waals surface area contributed by atoms with Crippen LogP contribution < -0.4 is 0 Å². The Balaban J connectivity index is 2.30. The van der Waals surface area contributed by atoms with E-state index in [2.05, 4.69) is 54.1 Å². The summed E-state index contributed by atoms with van der Waals surface area (Å²) in [5.74, 6) is 0. The Hall–Kier alpha value is -1.28. The molecule has 2 heteroatoms. The molecule has 1 aromatic heterocycles. The van der Waals surface area contributed by atoms with Crippen LogP contribution in [0.1, 0.15) is 38.4 Å². The van der Waals surface area contributed by atoms with Crippen LogP contribution in [-0.2, 0) is 0 Å². The van der Waals surface area contributed by atoms with Crippen molar-refractivity contribution in [1.29, 1.82) is 0 Å². The Kier molecular flexibility index (Phi) is 4.21. The molecule has 0 amide bonds. The summed E-state index contributed by atoms with van der Waals surface area (Å²) in [6.07, 6.45) is 11.3. The van der Waals surface area contributed by atoms with Crippen LogP contribution in [0.15, 0.2) is 42.1 Å². The van der Waals surface area contributed by atoms with Gasteiger partial charge in [0.25, 0.3) is 0 Å². The largest absolute Gasteiger partial charge is 0.363 e. The highest BCUT2D eigenvalue weighted by atomic mass is 15.2. The van der Waals surface area contributed by atoms with Gasteiger partial charge in [-0.1, -0.05) is 32.1 Å². The zero-order chi connectivity index (χ0) is 12.1. The van der Waals surface area contributed by atoms with Gasteiger partial charge in [0.05, 0.1) is 6.04 Å². The first-order chi connectivity index (χ1) is 8.36. The van der Waals surface area contributed by atoms with E-state index in [0.29, 0.717) is 6.04 Å². The number of hydrogen-bond acceptors (Lipinski definition) is 1. The van der Waals surface area contributed by atoms with E-state index >= 15 is 0 Å². The van der Waals surface area contributed by atoms with E-state index < -0.39 is 0 Å². The van der Waals surface area contributed by atoms with Gasteiger partial charge in [0, 0.05) is 11.9 Å². The molecule has 0 fully saturated rings. The van der Waals surface area contributed by atoms with Crippen molar-refractivity contribution in [2.24, 2.45) is 0 Å². The summed E-state index contributed by atoms with van der Waals surface area (Å²) < 4.78 is 0. The average molecular weight is 230 g/mol. The molecule has 0 aliphatic heterocycles. The monoisotopic (exact) mass is 230 g/mol. The lowest BCUT2D eigenvalue weighted by Gasteiger charge is -2.31. The number of rotatable bonds is 5. The molecule has 2 rings (SSSR count). The molecule has 0 radical (unpaired) electrons. The zero-order valence-corrected chi connectivity index (χ0v) is 10.8. The first kappa shape index (κ1) is 12.2. The topological polar surface area (TPSA) is 19.0 Å². The molecule has 1 atom stereocenters. The summed E-state index contributed by atoms with van der Waals surface area (Å²) in [6.45, 7) is 6.61. The molecule has 1 unspecified atom stereocenters. The minimum absolute atomic E-state index is 0.386. The van der Waals surface area contributed by atoms with Gasteiger partial charge < -0.3 is 4.98 Å². The molecular weight excluding hydrogens is 208 g/mol. The summed E-state index contributed by atoms with van der Waals surface area (Å²) in [5, 5.41) is 0. The molecule has 1 aliphatic rings. The Morgan fingerprint density at radius 3 is 2.65 bits per heavy atom. The molecule has 1 heterocycles. The number of likely N-dealkylation sites (N-methyl/N-ethyl adjacent to an activating group) is 1. The van der Waals surface area contributed by atoms with Gasteiger partial charge >= 0.3 is 0 Å². The van der Waals surface area contributed by atoms with Crippen LogP contribution in [0.4, 0.5) is 0 Å². The summed E-state index contributed by atoms with van der Waals surface area (Å²) >= 11 is 0. The predicted molar refractivity (Wildman–Crippen MR) is 72.9 cm³/mol. The number of nitrogens with zero attached hydrogens (tertiary/aromatic N) is 1. The van der Waals surface area contributed by atoms with Crippen LogP contribution in [0.3, 0.4) is 0 Å². The van der Waals surface area contributed by atoms with E-state index in [0.717, 1.165) is 13.1 Å². The Morgan fingerprint density at radius 2 is 2.12 bits per heavy atom. The highest BCUT2D eigenvalue weighted by Gasteiger charge is 2.21. The molecule has 17 heavy (non-hydrogen) atoms. The molecule has 0 aromatic carbocycles. The fourth-order valence-corrected chi connectivity index (χ4v) is 2.53. The SMILES string of the molecule is CCN(CC)C(C1=CCCC=C1)c1ccc[nH]1. The van der Waals surface area contributed by atoms with Crippen LogP contribution in [0, 0.1) is 0 Å². The summed E-state index contributed by atoms with van der Waals surface area (Å²) in [4.78, 5) is 5.86. The first-order valence-corrected chi connectivity index (χ1v) is 6.60. The Labute approximate surface area is 104 Å². The van der Waals surface area contributed by atoms with Crippen molar-refractivity contribution in [3.05, 3.63) is 47.8 Å². The van der Waals surface area contributed by atoms with Crippen molar-refractivity contribution in [3.8, 4) is 0 Å². The lowest BCUT2D eigenvalue weighted by atomic mass is 9.96. The number of nitrogens with one attached hydrogen (secondary N) is 1. The van der Waals surface area contributed by atoms with Crippen LogP contribution in [0.5, 0.6) is 0 Å². The highest BCUT2D eigenvalue weighted by molar-refractivity contribution is 5.33. The number of H-pyrrole nitrogens is 1. The highest BCUT2D eigenvalue weighted by Crippen LogP contribution is 2.30. The second kappa shape index (κ2) is 5.87. The second-order valence-corrected chi connectivity index (χ2v) is 4.43. The Morgan fingerprint density at radius 1 is 1.29 bits per heavy atom. The standard InChI is InChI=1S/C15H22N2/c1-3-17(4-2)15(14-11-8-12-16-14)13-9-6-5-7-10-13/h6,8-12,15-16H,3-5,7H2,1-2H3. The molecule has 1 aromatic rings. The van der Waals surface area contributed by atoms with Crippen LogP contribution in [-0.4, -0.2) is 23.0 Å². The maximum absolute atomic E-state index is 3.37. The zero-order valence-electron chi connectivity index (χ0n) is 10.8. The van der Waals surface area contributed by atoms with E-state index in [1.54, 1.807) is 0 Å².